The van der Waals surface area contributed by atoms with Gasteiger partial charge in [-0.15, -0.1) is 0 Å². The van der Waals surface area contributed by atoms with Gasteiger partial charge in [0.25, 0.3) is 0 Å². The van der Waals surface area contributed by atoms with E-state index in [4.69, 9.17) is 5.53 Å². The van der Waals surface area contributed by atoms with Crippen LogP contribution in [0.2, 0.25) is 0 Å². The lowest BCUT2D eigenvalue weighted by Gasteiger charge is -2.20. The summed E-state index contributed by atoms with van der Waals surface area (Å²) in [6.45, 7) is 0.296. The second kappa shape index (κ2) is 9.38. The Balaban J connectivity index is 2.68. The van der Waals surface area contributed by atoms with Crippen LogP contribution < -0.4 is 5.32 Å². The topological polar surface area (TPSA) is 135 Å². The molecule has 2 atom stereocenters. The minimum absolute atomic E-state index is 0.257. The fourth-order valence-electron chi connectivity index (χ4n) is 2.01. The molecule has 0 bridgehead atoms. The van der Waals surface area contributed by atoms with Gasteiger partial charge in [0.2, 0.25) is 0 Å². The number of hydrogen-bond donors (Lipinski definition) is 3. The Kier molecular flexibility index (Phi) is 7.45. The first kappa shape index (κ1) is 17.5. The molecule has 2 unspecified atom stereocenters. The molecule has 0 saturated heterocycles. The van der Waals surface area contributed by atoms with Crippen molar-refractivity contribution in [1.29, 1.82) is 0 Å². The van der Waals surface area contributed by atoms with Crippen LogP contribution in [0, 0.1) is 0 Å². The molecule has 1 aromatic rings. The summed E-state index contributed by atoms with van der Waals surface area (Å²) in [4.78, 5) is 25.2. The lowest BCUT2D eigenvalue weighted by molar-refractivity contribution is -0.142. The van der Waals surface area contributed by atoms with Gasteiger partial charge in [0.1, 0.15) is 12.1 Å². The van der Waals surface area contributed by atoms with Gasteiger partial charge in [-0.2, -0.15) is 0 Å². The summed E-state index contributed by atoms with van der Waals surface area (Å²) in [6, 6.07) is 6.35. The van der Waals surface area contributed by atoms with Crippen LogP contribution >= 0.6 is 0 Å². The Hall–Kier alpha value is -2.57. The molecule has 0 aliphatic heterocycles. The molecule has 0 amide bonds. The van der Waals surface area contributed by atoms with Crippen molar-refractivity contribution in [3.63, 3.8) is 0 Å². The largest absolute Gasteiger partial charge is 0.480 e. The van der Waals surface area contributed by atoms with Gasteiger partial charge in [-0.1, -0.05) is 41.9 Å². The van der Waals surface area contributed by atoms with Crippen molar-refractivity contribution in [3.05, 3.63) is 46.3 Å². The van der Waals surface area contributed by atoms with E-state index in [9.17, 15) is 19.8 Å². The Morgan fingerprint density at radius 1 is 1.18 bits per heavy atom. The maximum absolute atomic E-state index is 11.4. The van der Waals surface area contributed by atoms with E-state index in [1.54, 1.807) is 30.3 Å². The lowest BCUT2D eigenvalue weighted by atomic mass is 10.0. The normalized spacial score (nSPS) is 12.9. The SMILES string of the molecule is [N-]=[N+]=NCCCCC(NC(C(=O)O)c1ccccc1)C(=O)O. The molecule has 0 saturated carbocycles. The number of rotatable bonds is 10. The smallest absolute Gasteiger partial charge is 0.325 e. The summed E-state index contributed by atoms with van der Waals surface area (Å²) in [5, 5.41) is 24.5. The molecule has 0 fully saturated rings. The van der Waals surface area contributed by atoms with Crippen LogP contribution in [-0.4, -0.2) is 34.7 Å². The van der Waals surface area contributed by atoms with Crippen LogP contribution in [0.5, 0.6) is 0 Å². The number of carboxylic acid groups (broad SMARTS) is 2. The summed E-state index contributed by atoms with van der Waals surface area (Å²) >= 11 is 0. The first-order valence-electron chi connectivity index (χ1n) is 6.83. The zero-order chi connectivity index (χ0) is 16.4. The molecule has 8 nitrogen and oxygen atoms in total. The number of carbonyl (C=O) groups is 2. The zero-order valence-electron chi connectivity index (χ0n) is 11.9. The highest BCUT2D eigenvalue weighted by Crippen LogP contribution is 2.15. The number of azide groups is 1. The number of benzene rings is 1. The highest BCUT2D eigenvalue weighted by atomic mass is 16.4. The number of nitrogens with zero attached hydrogens (tertiary/aromatic N) is 3. The van der Waals surface area contributed by atoms with E-state index in [1.165, 1.54) is 0 Å². The molecule has 1 rings (SSSR count). The van der Waals surface area contributed by atoms with E-state index in [0.717, 1.165) is 0 Å². The van der Waals surface area contributed by atoms with Gasteiger partial charge in [-0.3, -0.25) is 14.9 Å². The van der Waals surface area contributed by atoms with E-state index in [1.807, 2.05) is 0 Å². The first-order chi connectivity index (χ1) is 10.6. The van der Waals surface area contributed by atoms with Crippen LogP contribution in [0.25, 0.3) is 10.4 Å². The molecule has 0 aromatic heterocycles. The van der Waals surface area contributed by atoms with Crippen LogP contribution in [0.15, 0.2) is 35.4 Å². The third kappa shape index (κ3) is 5.82. The highest BCUT2D eigenvalue weighted by Gasteiger charge is 2.26. The Labute approximate surface area is 127 Å². The van der Waals surface area contributed by atoms with E-state index in [2.05, 4.69) is 15.3 Å². The number of aliphatic carboxylic acids is 2. The monoisotopic (exact) mass is 306 g/mol. The molecule has 1 aromatic carbocycles. The number of carboxylic acids is 2. The molecule has 0 heterocycles. The van der Waals surface area contributed by atoms with Crippen molar-refractivity contribution in [2.24, 2.45) is 5.11 Å². The van der Waals surface area contributed by atoms with Gasteiger partial charge in [0.15, 0.2) is 0 Å². The Morgan fingerprint density at radius 2 is 1.86 bits per heavy atom. The maximum atomic E-state index is 11.4. The molecule has 0 spiro atoms. The van der Waals surface area contributed by atoms with Gasteiger partial charge in [0.05, 0.1) is 0 Å². The molecule has 22 heavy (non-hydrogen) atoms. The third-order valence-corrected chi connectivity index (χ3v) is 3.11. The van der Waals surface area contributed by atoms with E-state index >= 15 is 0 Å². The summed E-state index contributed by atoms with van der Waals surface area (Å²) in [5.41, 5.74) is 8.65. The molecule has 3 N–H and O–H groups in total. The zero-order valence-corrected chi connectivity index (χ0v) is 11.9. The van der Waals surface area contributed by atoms with Crippen molar-refractivity contribution >= 4 is 11.9 Å². The number of nitrogens with one attached hydrogen (secondary N) is 1. The molecular formula is C14H18N4O4. The average molecular weight is 306 g/mol. The van der Waals surface area contributed by atoms with Crippen LogP contribution in [0.4, 0.5) is 0 Å². The maximum Gasteiger partial charge on any atom is 0.325 e. The lowest BCUT2D eigenvalue weighted by Crippen LogP contribution is -2.42. The average Bonchev–Trinajstić information content (AvgIpc) is 2.50. The van der Waals surface area contributed by atoms with E-state index < -0.39 is 24.0 Å². The summed E-state index contributed by atoms with van der Waals surface area (Å²) in [5.74, 6) is -2.24. The van der Waals surface area contributed by atoms with Crippen molar-refractivity contribution in [1.82, 2.24) is 5.32 Å². The Morgan fingerprint density at radius 3 is 2.41 bits per heavy atom. The second-order valence-electron chi connectivity index (χ2n) is 4.69. The quantitative estimate of drug-likeness (QED) is 0.264. The third-order valence-electron chi connectivity index (χ3n) is 3.11. The van der Waals surface area contributed by atoms with Gasteiger partial charge in [-0.25, -0.2) is 0 Å². The highest BCUT2D eigenvalue weighted by molar-refractivity contribution is 5.78. The second-order valence-corrected chi connectivity index (χ2v) is 4.69. The van der Waals surface area contributed by atoms with Gasteiger partial charge in [-0.05, 0) is 23.9 Å². The fraction of sp³-hybridized carbons (Fsp3) is 0.429. The van der Waals surface area contributed by atoms with E-state index in [-0.39, 0.29) is 6.42 Å². The summed E-state index contributed by atoms with van der Waals surface area (Å²) in [6.07, 6.45) is 1.33. The van der Waals surface area contributed by atoms with Gasteiger partial charge >= 0.3 is 11.9 Å². The standard InChI is InChI=1S/C14H18N4O4/c15-18-16-9-5-4-8-11(13(19)20)17-12(14(21)22)10-6-2-1-3-7-10/h1-3,6-7,11-12,17H,4-5,8-9H2,(H,19,20)(H,21,22). The minimum atomic E-state index is -1.13. The van der Waals surface area contributed by atoms with Crippen LogP contribution in [0.3, 0.4) is 0 Å². The molecule has 8 heteroatoms. The van der Waals surface area contributed by atoms with Crippen LogP contribution in [-0.2, 0) is 9.59 Å². The predicted molar refractivity (Wildman–Crippen MR) is 79.2 cm³/mol. The van der Waals surface area contributed by atoms with Crippen LogP contribution in [0.1, 0.15) is 30.9 Å². The molecule has 118 valence electrons. The molecule has 0 radical (unpaired) electrons. The van der Waals surface area contributed by atoms with Crippen molar-refractivity contribution in [3.8, 4) is 0 Å². The number of unbranched alkanes of at least 4 members (excludes halogenated alkanes) is 1. The predicted octanol–water partition coefficient (Wildman–Crippen LogP) is 2.34. The molecule has 0 aliphatic carbocycles. The fourth-order valence-corrected chi connectivity index (χ4v) is 2.01. The van der Waals surface area contributed by atoms with E-state index in [0.29, 0.717) is 24.9 Å². The van der Waals surface area contributed by atoms with Crippen molar-refractivity contribution in [2.45, 2.75) is 31.3 Å². The summed E-state index contributed by atoms with van der Waals surface area (Å²) < 4.78 is 0. The summed E-state index contributed by atoms with van der Waals surface area (Å²) in [7, 11) is 0. The number of hydrogen-bond acceptors (Lipinski definition) is 4. The van der Waals surface area contributed by atoms with Crippen molar-refractivity contribution < 1.29 is 19.8 Å². The first-order valence-corrected chi connectivity index (χ1v) is 6.83. The molecule has 0 aliphatic rings. The van der Waals surface area contributed by atoms with Gasteiger partial charge in [0, 0.05) is 11.5 Å². The van der Waals surface area contributed by atoms with Gasteiger partial charge < -0.3 is 10.2 Å². The molecular weight excluding hydrogens is 288 g/mol. The Bertz CT molecular complexity index is 543. The minimum Gasteiger partial charge on any atom is -0.480 e. The van der Waals surface area contributed by atoms with Crippen molar-refractivity contribution in [2.75, 3.05) is 6.54 Å².